The van der Waals surface area contributed by atoms with Crippen LogP contribution in [0.1, 0.15) is 15.3 Å². The maximum absolute atomic E-state index is 2.48. The van der Waals surface area contributed by atoms with E-state index in [1.807, 2.05) is 0 Å². The Bertz CT molecular complexity index is 344. The van der Waals surface area contributed by atoms with Crippen molar-refractivity contribution >= 4 is 6.08 Å². The number of allylic oxidation sites excluding steroid dienone is 1. The summed E-state index contributed by atoms with van der Waals surface area (Å²) in [5, 5.41) is 7.45. The number of hydrogen-bond acceptors (Lipinski definition) is 0. The third-order valence-corrected chi connectivity index (χ3v) is 6.43. The van der Waals surface area contributed by atoms with Crippen molar-refractivity contribution in [3.63, 3.8) is 0 Å². The first-order valence-electron chi connectivity index (χ1n) is 4.86. The van der Waals surface area contributed by atoms with E-state index in [1.54, 1.807) is 5.56 Å². The zero-order valence-electron chi connectivity index (χ0n) is 8.54. The van der Waals surface area contributed by atoms with Crippen molar-refractivity contribution in [3.8, 4) is 0 Å². The Hall–Kier alpha value is -0.326. The van der Waals surface area contributed by atoms with E-state index in [1.165, 1.54) is 5.56 Å². The SMILES string of the molecule is [CH3][Ti]([CH3])([CH3])[CH]1C=Cc2ccccc21. The first-order chi connectivity index (χ1) is 6.09. The van der Waals surface area contributed by atoms with Gasteiger partial charge in [0.25, 0.3) is 0 Å². The van der Waals surface area contributed by atoms with Crippen molar-refractivity contribution in [1.82, 2.24) is 0 Å². The van der Waals surface area contributed by atoms with Crippen molar-refractivity contribution < 1.29 is 16.6 Å². The standard InChI is InChI=1S/C9H7.3CH3.Ti/c1-2-5-9-7-3-6-8(9)4-1;;;;/h1-7H;3*1H3;. The normalized spacial score (nSPS) is 20.4. The van der Waals surface area contributed by atoms with Gasteiger partial charge in [-0.3, -0.25) is 0 Å². The van der Waals surface area contributed by atoms with Crippen LogP contribution in [0.4, 0.5) is 0 Å². The number of benzene rings is 1. The van der Waals surface area contributed by atoms with Crippen LogP contribution in [0.2, 0.25) is 15.7 Å². The molecule has 1 atom stereocenters. The Morgan fingerprint density at radius 2 is 1.77 bits per heavy atom. The zero-order valence-corrected chi connectivity index (χ0v) is 10.1. The minimum atomic E-state index is -1.55. The Kier molecular flexibility index (Phi) is 2.21. The Balaban J connectivity index is 2.45. The monoisotopic (exact) mass is 208 g/mol. The predicted octanol–water partition coefficient (Wildman–Crippen LogP) is 4.05. The molecule has 1 unspecified atom stereocenters. The van der Waals surface area contributed by atoms with Gasteiger partial charge in [0.1, 0.15) is 0 Å². The van der Waals surface area contributed by atoms with E-state index in [0.29, 0.717) is 0 Å². The van der Waals surface area contributed by atoms with E-state index >= 15 is 0 Å². The molecule has 1 aliphatic rings. The molecule has 0 heterocycles. The molecule has 0 amide bonds. The molecule has 0 saturated carbocycles. The fraction of sp³-hybridized carbons (Fsp3) is 0.333. The van der Waals surface area contributed by atoms with Crippen LogP contribution in [-0.2, 0) is 16.6 Å². The quantitative estimate of drug-likeness (QED) is 0.610. The summed E-state index contributed by atoms with van der Waals surface area (Å²) in [6.45, 7) is 0. The number of hydrogen-bond donors (Lipinski definition) is 0. The van der Waals surface area contributed by atoms with Crippen molar-refractivity contribution in [1.29, 1.82) is 0 Å². The summed E-state index contributed by atoms with van der Waals surface area (Å²) in [5.41, 5.74) is 3.00. The van der Waals surface area contributed by atoms with E-state index in [-0.39, 0.29) is 0 Å². The molecule has 1 aromatic rings. The van der Waals surface area contributed by atoms with Gasteiger partial charge in [0.05, 0.1) is 0 Å². The van der Waals surface area contributed by atoms with Gasteiger partial charge < -0.3 is 0 Å². The van der Waals surface area contributed by atoms with Crippen molar-refractivity contribution in [3.05, 3.63) is 41.5 Å². The van der Waals surface area contributed by atoms with Crippen LogP contribution in [0, 0.1) is 0 Å². The van der Waals surface area contributed by atoms with Crippen LogP contribution in [0.5, 0.6) is 0 Å². The van der Waals surface area contributed by atoms with Gasteiger partial charge in [-0.05, 0) is 0 Å². The van der Waals surface area contributed by atoms with Gasteiger partial charge in [0.2, 0.25) is 0 Å². The van der Waals surface area contributed by atoms with Gasteiger partial charge in [0.15, 0.2) is 0 Å². The Labute approximate surface area is 84.0 Å². The second-order valence-electron chi connectivity index (χ2n) is 4.83. The molecule has 2 rings (SSSR count). The second-order valence-corrected chi connectivity index (χ2v) is 13.2. The molecular weight excluding hydrogens is 192 g/mol. The first kappa shape index (κ1) is 9.24. The fourth-order valence-electron chi connectivity index (χ4n) is 2.00. The third kappa shape index (κ3) is 1.66. The molecule has 0 N–H and O–H groups in total. The molecule has 0 fully saturated rings. The van der Waals surface area contributed by atoms with Crippen LogP contribution >= 0.6 is 0 Å². The molecule has 1 aliphatic carbocycles. The maximum atomic E-state index is 2.48. The summed E-state index contributed by atoms with van der Waals surface area (Å²) >= 11 is -1.55. The van der Waals surface area contributed by atoms with Gasteiger partial charge in [-0.15, -0.1) is 0 Å². The topological polar surface area (TPSA) is 0 Å². The van der Waals surface area contributed by atoms with Gasteiger partial charge in [-0.2, -0.15) is 0 Å². The molecule has 0 saturated heterocycles. The molecule has 1 aromatic carbocycles. The summed E-state index contributed by atoms with van der Waals surface area (Å²) in [6.07, 6.45) is 4.70. The van der Waals surface area contributed by atoms with E-state index in [2.05, 4.69) is 52.1 Å². The molecule has 0 spiro atoms. The molecule has 0 nitrogen and oxygen atoms in total. The molecule has 0 aromatic heterocycles. The molecule has 13 heavy (non-hydrogen) atoms. The third-order valence-electron chi connectivity index (χ3n) is 2.73. The number of fused-ring (bicyclic) bond motifs is 1. The van der Waals surface area contributed by atoms with E-state index < -0.39 is 16.6 Å². The van der Waals surface area contributed by atoms with Gasteiger partial charge in [0, 0.05) is 0 Å². The zero-order chi connectivity index (χ0) is 9.47. The summed E-state index contributed by atoms with van der Waals surface area (Å²) in [5.74, 6) is 0. The summed E-state index contributed by atoms with van der Waals surface area (Å²) in [4.78, 5) is 0. The summed E-state index contributed by atoms with van der Waals surface area (Å²) in [6, 6.07) is 8.80. The van der Waals surface area contributed by atoms with Crippen LogP contribution in [0.15, 0.2) is 30.3 Å². The Morgan fingerprint density at radius 3 is 2.46 bits per heavy atom. The Morgan fingerprint density at radius 1 is 1.08 bits per heavy atom. The summed E-state index contributed by atoms with van der Waals surface area (Å²) in [7, 11) is 0. The average molecular weight is 208 g/mol. The van der Waals surface area contributed by atoms with Crippen LogP contribution in [0.25, 0.3) is 6.08 Å². The molecule has 1 heteroatoms. The molecule has 68 valence electrons. The fourth-order valence-corrected chi connectivity index (χ4v) is 4.92. The van der Waals surface area contributed by atoms with E-state index in [4.69, 9.17) is 0 Å². The first-order valence-corrected chi connectivity index (χ1v) is 10.4. The molecule has 0 aliphatic heterocycles. The van der Waals surface area contributed by atoms with Crippen molar-refractivity contribution in [2.75, 3.05) is 0 Å². The van der Waals surface area contributed by atoms with Crippen molar-refractivity contribution in [2.24, 2.45) is 0 Å². The van der Waals surface area contributed by atoms with Gasteiger partial charge >= 0.3 is 84.0 Å². The predicted molar refractivity (Wildman–Crippen MR) is 55.8 cm³/mol. The minimum absolute atomic E-state index is 0.774. The molecule has 0 bridgehead atoms. The van der Waals surface area contributed by atoms with Gasteiger partial charge in [-0.1, -0.05) is 0 Å². The van der Waals surface area contributed by atoms with E-state index in [0.717, 1.165) is 4.22 Å². The average Bonchev–Trinajstić information content (AvgIpc) is 2.45. The van der Waals surface area contributed by atoms with Crippen LogP contribution in [-0.4, -0.2) is 0 Å². The summed E-state index contributed by atoms with van der Waals surface area (Å²) < 4.78 is 0.774. The van der Waals surface area contributed by atoms with Crippen molar-refractivity contribution in [2.45, 2.75) is 19.9 Å². The van der Waals surface area contributed by atoms with Crippen LogP contribution < -0.4 is 0 Å². The second kappa shape index (κ2) is 3.11. The van der Waals surface area contributed by atoms with E-state index in [9.17, 15) is 0 Å². The van der Waals surface area contributed by atoms with Gasteiger partial charge in [-0.25, -0.2) is 0 Å². The molecule has 0 radical (unpaired) electrons. The number of rotatable bonds is 1. The molecular formula is C12H16Ti. The van der Waals surface area contributed by atoms with Crippen LogP contribution in [0.3, 0.4) is 0 Å².